The van der Waals surface area contributed by atoms with Gasteiger partial charge in [0.1, 0.15) is 11.5 Å². The molecule has 1 aliphatic heterocycles. The number of nitrogens with one attached hydrogen (secondary N) is 2. The standard InChI is InChI=1S/C19H21F3IN3O4S/c1-29-19(30-2)8-3-9-26(11-19)31(27,28)25-16-7-5-13(20)17(22)18(16)24-15-6-4-12(23)10-14(15)21/h4-7,10,24-25H,3,8-9,11H2,1-2H3. The lowest BCUT2D eigenvalue weighted by Gasteiger charge is -2.39. The molecule has 3 rings (SSSR count). The van der Waals surface area contributed by atoms with E-state index in [9.17, 15) is 21.6 Å². The fourth-order valence-corrected chi connectivity index (χ4v) is 5.03. The highest BCUT2D eigenvalue weighted by atomic mass is 127. The van der Waals surface area contributed by atoms with E-state index in [0.717, 1.165) is 16.4 Å². The van der Waals surface area contributed by atoms with Gasteiger partial charge in [-0.25, -0.2) is 13.2 Å². The average Bonchev–Trinajstić information content (AvgIpc) is 2.74. The topological polar surface area (TPSA) is 79.9 Å². The Kier molecular flexibility index (Phi) is 7.35. The third-order valence-electron chi connectivity index (χ3n) is 4.99. The van der Waals surface area contributed by atoms with Crippen molar-refractivity contribution in [1.29, 1.82) is 0 Å². The number of nitrogens with zero attached hydrogens (tertiary/aromatic N) is 1. The highest BCUT2D eigenvalue weighted by molar-refractivity contribution is 14.1. The third kappa shape index (κ3) is 5.25. The van der Waals surface area contributed by atoms with Gasteiger partial charge in [0, 0.05) is 30.8 Å². The van der Waals surface area contributed by atoms with Crippen molar-refractivity contribution in [2.75, 3.05) is 37.3 Å². The van der Waals surface area contributed by atoms with Crippen molar-refractivity contribution < 1.29 is 31.1 Å². The quantitative estimate of drug-likeness (QED) is 0.385. The van der Waals surface area contributed by atoms with Crippen LogP contribution in [0.4, 0.5) is 30.2 Å². The second-order valence-electron chi connectivity index (χ2n) is 6.90. The monoisotopic (exact) mass is 571 g/mol. The van der Waals surface area contributed by atoms with Crippen molar-refractivity contribution in [3.05, 3.63) is 51.4 Å². The Bertz CT molecular complexity index is 1070. The molecule has 0 radical (unpaired) electrons. The number of hydrogen-bond acceptors (Lipinski definition) is 5. The van der Waals surface area contributed by atoms with E-state index in [2.05, 4.69) is 10.0 Å². The Balaban J connectivity index is 1.93. The molecule has 0 saturated carbocycles. The molecule has 31 heavy (non-hydrogen) atoms. The molecule has 0 spiro atoms. The minimum atomic E-state index is -4.19. The maximum absolute atomic E-state index is 14.6. The number of anilines is 3. The van der Waals surface area contributed by atoms with Gasteiger partial charge in [-0.1, -0.05) is 0 Å². The fourth-order valence-electron chi connectivity index (χ4n) is 3.26. The molecular formula is C19H21F3IN3O4S. The van der Waals surface area contributed by atoms with Crippen LogP contribution in [0.1, 0.15) is 12.8 Å². The minimum absolute atomic E-state index is 0.0898. The van der Waals surface area contributed by atoms with Crippen LogP contribution in [0, 0.1) is 21.0 Å². The third-order valence-corrected chi connectivity index (χ3v) is 7.13. The molecule has 1 saturated heterocycles. The van der Waals surface area contributed by atoms with Gasteiger partial charge in [-0.15, -0.1) is 0 Å². The molecular weight excluding hydrogens is 550 g/mol. The molecule has 1 fully saturated rings. The van der Waals surface area contributed by atoms with Crippen LogP contribution in [0.5, 0.6) is 0 Å². The number of hydrogen-bond donors (Lipinski definition) is 2. The number of halogens is 4. The van der Waals surface area contributed by atoms with Crippen molar-refractivity contribution in [2.45, 2.75) is 18.6 Å². The van der Waals surface area contributed by atoms with Gasteiger partial charge < -0.3 is 14.8 Å². The van der Waals surface area contributed by atoms with Gasteiger partial charge in [0.05, 0.1) is 17.9 Å². The van der Waals surface area contributed by atoms with E-state index in [0.29, 0.717) is 16.4 Å². The molecule has 0 unspecified atom stereocenters. The zero-order chi connectivity index (χ0) is 22.8. The summed E-state index contributed by atoms with van der Waals surface area (Å²) < 4.78 is 83.3. The zero-order valence-electron chi connectivity index (χ0n) is 16.7. The summed E-state index contributed by atoms with van der Waals surface area (Å²) in [6.45, 7) is 0.0928. The largest absolute Gasteiger partial charge is 0.352 e. The molecule has 12 heteroatoms. The second-order valence-corrected chi connectivity index (χ2v) is 9.81. The lowest BCUT2D eigenvalue weighted by Crippen LogP contribution is -2.53. The van der Waals surface area contributed by atoms with E-state index in [4.69, 9.17) is 9.47 Å². The molecule has 1 aliphatic rings. The van der Waals surface area contributed by atoms with Gasteiger partial charge in [0.25, 0.3) is 0 Å². The van der Waals surface area contributed by atoms with Gasteiger partial charge in [-0.05, 0) is 59.3 Å². The molecule has 2 N–H and O–H groups in total. The van der Waals surface area contributed by atoms with E-state index in [1.54, 1.807) is 6.07 Å². The Morgan fingerprint density at radius 2 is 1.74 bits per heavy atom. The first kappa shape index (κ1) is 24.0. The van der Waals surface area contributed by atoms with Crippen LogP contribution < -0.4 is 10.0 Å². The van der Waals surface area contributed by atoms with Crippen LogP contribution in [0.15, 0.2) is 30.3 Å². The predicted molar refractivity (Wildman–Crippen MR) is 119 cm³/mol. The first-order chi connectivity index (χ1) is 14.6. The first-order valence-electron chi connectivity index (χ1n) is 9.19. The summed E-state index contributed by atoms with van der Waals surface area (Å²) in [4.78, 5) is 0. The summed E-state index contributed by atoms with van der Waals surface area (Å²) >= 11 is 1.90. The van der Waals surface area contributed by atoms with Crippen LogP contribution >= 0.6 is 22.6 Å². The van der Waals surface area contributed by atoms with Crippen LogP contribution in [0.2, 0.25) is 0 Å². The van der Waals surface area contributed by atoms with Crippen molar-refractivity contribution in [1.82, 2.24) is 4.31 Å². The van der Waals surface area contributed by atoms with Gasteiger partial charge in [0.15, 0.2) is 17.4 Å². The molecule has 0 amide bonds. The minimum Gasteiger partial charge on any atom is -0.352 e. The number of methoxy groups -OCH3 is 2. The number of rotatable bonds is 7. The highest BCUT2D eigenvalue weighted by Crippen LogP contribution is 2.34. The van der Waals surface area contributed by atoms with Crippen molar-refractivity contribution >= 4 is 49.9 Å². The van der Waals surface area contributed by atoms with E-state index in [-0.39, 0.29) is 24.5 Å². The summed E-state index contributed by atoms with van der Waals surface area (Å²) in [6.07, 6.45) is 0.968. The van der Waals surface area contributed by atoms with Crippen molar-refractivity contribution in [3.8, 4) is 0 Å². The average molecular weight is 571 g/mol. The maximum Gasteiger partial charge on any atom is 0.301 e. The van der Waals surface area contributed by atoms with Crippen molar-refractivity contribution in [3.63, 3.8) is 0 Å². The second kappa shape index (κ2) is 9.48. The predicted octanol–water partition coefficient (Wildman–Crippen LogP) is 4.19. The van der Waals surface area contributed by atoms with E-state index >= 15 is 0 Å². The van der Waals surface area contributed by atoms with Gasteiger partial charge in [-0.2, -0.15) is 12.7 Å². The Labute approximate surface area is 192 Å². The normalized spacial score (nSPS) is 16.8. The van der Waals surface area contributed by atoms with Gasteiger partial charge >= 0.3 is 10.2 Å². The van der Waals surface area contributed by atoms with Gasteiger partial charge in [-0.3, -0.25) is 4.72 Å². The molecule has 2 aromatic carbocycles. The number of ether oxygens (including phenoxy) is 2. The summed E-state index contributed by atoms with van der Waals surface area (Å²) in [5.41, 5.74) is -0.950. The molecule has 7 nitrogen and oxygen atoms in total. The van der Waals surface area contributed by atoms with Crippen LogP contribution in [0.25, 0.3) is 0 Å². The van der Waals surface area contributed by atoms with Crippen molar-refractivity contribution in [2.24, 2.45) is 0 Å². The summed E-state index contributed by atoms with van der Waals surface area (Å²) in [7, 11) is -1.36. The lowest BCUT2D eigenvalue weighted by molar-refractivity contribution is -0.224. The number of piperidine rings is 1. The summed E-state index contributed by atoms with van der Waals surface area (Å²) in [5.74, 6) is -4.37. The molecule has 0 aromatic heterocycles. The van der Waals surface area contributed by atoms with Crippen LogP contribution in [-0.2, 0) is 19.7 Å². The van der Waals surface area contributed by atoms with Gasteiger partial charge in [0.2, 0.25) is 0 Å². The molecule has 2 aromatic rings. The molecule has 0 bridgehead atoms. The van der Waals surface area contributed by atoms with E-state index in [1.807, 2.05) is 22.6 Å². The molecule has 170 valence electrons. The zero-order valence-corrected chi connectivity index (χ0v) is 19.7. The van der Waals surface area contributed by atoms with Crippen LogP contribution in [-0.4, -0.2) is 45.8 Å². The van der Waals surface area contributed by atoms with E-state index < -0.39 is 39.1 Å². The Morgan fingerprint density at radius 3 is 2.39 bits per heavy atom. The summed E-state index contributed by atoms with van der Waals surface area (Å²) in [5, 5.41) is 2.45. The molecule has 1 heterocycles. The highest BCUT2D eigenvalue weighted by Gasteiger charge is 2.40. The number of benzene rings is 2. The molecule has 0 aliphatic carbocycles. The maximum atomic E-state index is 14.6. The Morgan fingerprint density at radius 1 is 1.06 bits per heavy atom. The lowest BCUT2D eigenvalue weighted by atomic mass is 10.1. The SMILES string of the molecule is COC1(OC)CCCN(S(=O)(=O)Nc2ccc(F)c(F)c2Nc2ccc(I)cc2F)C1. The Hall–Kier alpha value is -1.61. The van der Waals surface area contributed by atoms with E-state index in [1.165, 1.54) is 26.4 Å². The van der Waals surface area contributed by atoms with Crippen LogP contribution in [0.3, 0.4) is 0 Å². The first-order valence-corrected chi connectivity index (χ1v) is 11.7. The smallest absolute Gasteiger partial charge is 0.301 e. The fraction of sp³-hybridized carbons (Fsp3) is 0.368. The molecule has 0 atom stereocenters. The summed E-state index contributed by atoms with van der Waals surface area (Å²) in [6, 6.07) is 5.96.